The van der Waals surface area contributed by atoms with Gasteiger partial charge in [0.2, 0.25) is 5.76 Å². The number of carboxylic acids is 1. The Kier molecular flexibility index (Phi) is 3.54. The first-order valence-electron chi connectivity index (χ1n) is 6.58. The quantitative estimate of drug-likeness (QED) is 0.898. The lowest BCUT2D eigenvalue weighted by Crippen LogP contribution is -2.37. The van der Waals surface area contributed by atoms with Gasteiger partial charge in [-0.3, -0.25) is 4.79 Å². The monoisotopic (exact) mass is 305 g/mol. The number of para-hydroxylation sites is 1. The highest BCUT2D eigenvalue weighted by Gasteiger charge is 2.31. The van der Waals surface area contributed by atoms with Gasteiger partial charge in [0.15, 0.2) is 17.7 Å². The van der Waals surface area contributed by atoms with E-state index >= 15 is 0 Å². The van der Waals surface area contributed by atoms with E-state index < -0.39 is 23.8 Å². The number of aromatic carboxylic acids is 1. The molecule has 1 atom stereocenters. The molecule has 1 amide bonds. The summed E-state index contributed by atoms with van der Waals surface area (Å²) in [7, 11) is 0. The van der Waals surface area contributed by atoms with Crippen molar-refractivity contribution in [3.8, 4) is 5.75 Å². The van der Waals surface area contributed by atoms with Crippen LogP contribution in [0.25, 0.3) is 0 Å². The summed E-state index contributed by atoms with van der Waals surface area (Å²) >= 11 is 0. The number of ether oxygens (including phenoxy) is 1. The molecule has 1 aliphatic heterocycles. The second kappa shape index (κ2) is 5.51. The topological polar surface area (TPSA) is 88.8 Å². The Morgan fingerprint density at radius 3 is 2.82 bits per heavy atom. The molecule has 1 aromatic heterocycles. The molecule has 0 bridgehead atoms. The fraction of sp³-hybridized carbons (Fsp3) is 0.200. The van der Waals surface area contributed by atoms with E-state index in [9.17, 15) is 14.0 Å². The first-order chi connectivity index (χ1) is 10.5. The summed E-state index contributed by atoms with van der Waals surface area (Å²) in [6, 6.07) is 7.32. The Morgan fingerprint density at radius 2 is 2.14 bits per heavy atom. The van der Waals surface area contributed by atoms with E-state index in [4.69, 9.17) is 14.3 Å². The van der Waals surface area contributed by atoms with E-state index in [-0.39, 0.29) is 24.5 Å². The van der Waals surface area contributed by atoms with Gasteiger partial charge >= 0.3 is 5.97 Å². The molecule has 114 valence electrons. The van der Waals surface area contributed by atoms with E-state index in [2.05, 4.69) is 5.32 Å². The third-order valence-electron chi connectivity index (χ3n) is 3.32. The third kappa shape index (κ3) is 2.65. The number of halogens is 1. The predicted octanol–water partition coefficient (Wildman–Crippen LogP) is 1.74. The molecule has 22 heavy (non-hydrogen) atoms. The molecule has 2 aromatic rings. The Bertz CT molecular complexity index is 739. The highest BCUT2D eigenvalue weighted by Crippen LogP contribution is 2.31. The molecule has 1 unspecified atom stereocenters. The maximum atomic E-state index is 13.5. The van der Waals surface area contributed by atoms with Crippen LogP contribution in [0, 0.1) is 5.82 Å². The van der Waals surface area contributed by atoms with Crippen LogP contribution in [0.4, 0.5) is 4.39 Å². The largest absolute Gasteiger partial charge is 0.477 e. The van der Waals surface area contributed by atoms with Crippen LogP contribution in [-0.2, 0) is 17.8 Å². The van der Waals surface area contributed by atoms with Crippen LogP contribution in [0.3, 0.4) is 0 Å². The van der Waals surface area contributed by atoms with Crippen molar-refractivity contribution in [2.75, 3.05) is 0 Å². The van der Waals surface area contributed by atoms with E-state index in [1.54, 1.807) is 12.1 Å². The Hall–Kier alpha value is -2.83. The van der Waals surface area contributed by atoms with E-state index in [1.807, 2.05) is 0 Å². The highest BCUT2D eigenvalue weighted by molar-refractivity contribution is 5.84. The summed E-state index contributed by atoms with van der Waals surface area (Å²) in [5, 5.41) is 11.3. The van der Waals surface area contributed by atoms with Gasteiger partial charge in [-0.2, -0.15) is 0 Å². The molecule has 0 aliphatic carbocycles. The Morgan fingerprint density at radius 1 is 1.32 bits per heavy atom. The highest BCUT2D eigenvalue weighted by atomic mass is 19.1. The smallest absolute Gasteiger partial charge is 0.371 e. The van der Waals surface area contributed by atoms with Crippen LogP contribution in [0.1, 0.15) is 21.9 Å². The standard InChI is InChI=1S/C15H12FNO5/c16-10-3-1-2-8-6-12(22-13(8)10)14(18)17-7-9-4-5-11(21-9)15(19)20/h1-5,12H,6-7H2,(H,17,18)(H,19,20). The van der Waals surface area contributed by atoms with E-state index in [1.165, 1.54) is 18.2 Å². The summed E-state index contributed by atoms with van der Waals surface area (Å²) in [6.45, 7) is 0.0325. The zero-order valence-electron chi connectivity index (χ0n) is 11.3. The average molecular weight is 305 g/mol. The van der Waals surface area contributed by atoms with Crippen LogP contribution in [0.15, 0.2) is 34.7 Å². The zero-order valence-corrected chi connectivity index (χ0v) is 11.3. The number of fused-ring (bicyclic) bond motifs is 1. The van der Waals surface area contributed by atoms with Crippen molar-refractivity contribution < 1.29 is 28.2 Å². The van der Waals surface area contributed by atoms with Gasteiger partial charge in [0.05, 0.1) is 6.54 Å². The minimum absolute atomic E-state index is 0.0325. The number of hydrogen-bond donors (Lipinski definition) is 2. The van der Waals surface area contributed by atoms with Gasteiger partial charge in [0.25, 0.3) is 5.91 Å². The Labute approximate surface area is 124 Å². The van der Waals surface area contributed by atoms with Crippen molar-refractivity contribution >= 4 is 11.9 Å². The van der Waals surface area contributed by atoms with Crippen LogP contribution < -0.4 is 10.1 Å². The van der Waals surface area contributed by atoms with Crippen molar-refractivity contribution in [2.24, 2.45) is 0 Å². The van der Waals surface area contributed by atoms with Crippen molar-refractivity contribution in [3.63, 3.8) is 0 Å². The average Bonchev–Trinajstić information content (AvgIpc) is 3.12. The van der Waals surface area contributed by atoms with E-state index in [0.29, 0.717) is 11.3 Å². The minimum atomic E-state index is -1.18. The molecule has 3 rings (SSSR count). The molecule has 0 radical (unpaired) electrons. The number of benzene rings is 1. The second-order valence-corrected chi connectivity index (χ2v) is 4.83. The SMILES string of the molecule is O=C(O)c1ccc(CNC(=O)C2Cc3cccc(F)c3O2)o1. The maximum absolute atomic E-state index is 13.5. The molecular weight excluding hydrogens is 293 g/mol. The molecular formula is C15H12FNO5. The van der Waals surface area contributed by atoms with Crippen LogP contribution in [-0.4, -0.2) is 23.1 Å². The molecule has 7 heteroatoms. The number of hydrogen-bond acceptors (Lipinski definition) is 4. The molecule has 0 fully saturated rings. The molecule has 0 saturated heterocycles. The van der Waals surface area contributed by atoms with Gasteiger partial charge in [-0.25, -0.2) is 9.18 Å². The lowest BCUT2D eigenvalue weighted by molar-refractivity contribution is -0.127. The van der Waals surface area contributed by atoms with Crippen molar-refractivity contribution in [1.82, 2.24) is 5.32 Å². The molecule has 2 heterocycles. The first kappa shape index (κ1) is 14.1. The van der Waals surface area contributed by atoms with Gasteiger partial charge in [0, 0.05) is 12.0 Å². The number of carboxylic acid groups (broad SMARTS) is 1. The molecule has 2 N–H and O–H groups in total. The van der Waals surface area contributed by atoms with Gasteiger partial charge in [-0.1, -0.05) is 12.1 Å². The number of rotatable bonds is 4. The summed E-state index contributed by atoms with van der Waals surface area (Å²) < 4.78 is 23.9. The maximum Gasteiger partial charge on any atom is 0.371 e. The number of furan rings is 1. The van der Waals surface area contributed by atoms with Gasteiger partial charge in [-0.15, -0.1) is 0 Å². The Balaban J connectivity index is 1.59. The lowest BCUT2D eigenvalue weighted by Gasteiger charge is -2.10. The van der Waals surface area contributed by atoms with Crippen LogP contribution in [0.2, 0.25) is 0 Å². The summed E-state index contributed by atoms with van der Waals surface area (Å²) in [4.78, 5) is 22.7. The van der Waals surface area contributed by atoms with Crippen LogP contribution >= 0.6 is 0 Å². The lowest BCUT2D eigenvalue weighted by atomic mass is 10.1. The number of nitrogens with one attached hydrogen (secondary N) is 1. The van der Waals surface area contributed by atoms with E-state index in [0.717, 1.165) is 0 Å². The number of amides is 1. The molecule has 1 aliphatic rings. The van der Waals surface area contributed by atoms with Gasteiger partial charge in [-0.05, 0) is 18.2 Å². The zero-order chi connectivity index (χ0) is 15.7. The van der Waals surface area contributed by atoms with Crippen molar-refractivity contribution in [2.45, 2.75) is 19.1 Å². The minimum Gasteiger partial charge on any atom is -0.477 e. The molecule has 0 saturated carbocycles. The predicted molar refractivity (Wildman–Crippen MR) is 72.0 cm³/mol. The van der Waals surface area contributed by atoms with Crippen molar-refractivity contribution in [3.05, 3.63) is 53.2 Å². The first-order valence-corrected chi connectivity index (χ1v) is 6.58. The van der Waals surface area contributed by atoms with Gasteiger partial charge in [0.1, 0.15) is 5.76 Å². The summed E-state index contributed by atoms with van der Waals surface area (Å²) in [5.41, 5.74) is 0.645. The fourth-order valence-electron chi connectivity index (χ4n) is 2.25. The summed E-state index contributed by atoms with van der Waals surface area (Å²) in [6.07, 6.45) is -0.516. The van der Waals surface area contributed by atoms with Gasteiger partial charge < -0.3 is 19.6 Å². The molecule has 1 aromatic carbocycles. The number of carbonyl (C=O) groups is 2. The van der Waals surface area contributed by atoms with Crippen LogP contribution in [0.5, 0.6) is 5.75 Å². The second-order valence-electron chi connectivity index (χ2n) is 4.83. The number of carbonyl (C=O) groups excluding carboxylic acids is 1. The van der Waals surface area contributed by atoms with Crippen molar-refractivity contribution in [1.29, 1.82) is 0 Å². The third-order valence-corrected chi connectivity index (χ3v) is 3.32. The molecule has 6 nitrogen and oxygen atoms in total. The fourth-order valence-corrected chi connectivity index (χ4v) is 2.25. The summed E-state index contributed by atoms with van der Waals surface area (Å²) in [5.74, 6) is -1.87. The molecule has 0 spiro atoms. The normalized spacial score (nSPS) is 16.0.